The van der Waals surface area contributed by atoms with Crippen LogP contribution in [0.2, 0.25) is 0 Å². The Bertz CT molecular complexity index is 683. The summed E-state index contributed by atoms with van der Waals surface area (Å²) < 4.78 is 38.2. The van der Waals surface area contributed by atoms with Crippen LogP contribution in [0.3, 0.4) is 0 Å². The molecule has 0 atom stereocenters. The van der Waals surface area contributed by atoms with E-state index in [4.69, 9.17) is 18.0 Å². The highest BCUT2D eigenvalue weighted by molar-refractivity contribution is 7.80. The largest absolute Gasteiger partial charge is 0.416 e. The van der Waals surface area contributed by atoms with Crippen molar-refractivity contribution in [2.45, 2.75) is 13.1 Å². The number of hydrogen-bond acceptors (Lipinski definition) is 3. The van der Waals surface area contributed by atoms with Gasteiger partial charge in [0.2, 0.25) is 0 Å². The summed E-state index contributed by atoms with van der Waals surface area (Å²) in [7, 11) is 0. The standard InChI is InChI=1S/C14H12F3N3S/c1-8-11(3-2-6-19-8)20-12-5-4-9(14(15,16)17)7-10(12)13(18)21/h2-7,20H,1H3,(H2,18,21). The maximum Gasteiger partial charge on any atom is 0.416 e. The molecule has 0 fully saturated rings. The van der Waals surface area contributed by atoms with Crippen molar-refractivity contribution in [1.82, 2.24) is 4.98 Å². The van der Waals surface area contributed by atoms with Gasteiger partial charge in [0.05, 0.1) is 16.9 Å². The molecule has 0 unspecified atom stereocenters. The molecule has 1 aromatic heterocycles. The lowest BCUT2D eigenvalue weighted by atomic mass is 10.1. The van der Waals surface area contributed by atoms with Gasteiger partial charge < -0.3 is 11.1 Å². The number of thiocarbonyl (C=S) groups is 1. The number of benzene rings is 1. The molecule has 2 rings (SSSR count). The van der Waals surface area contributed by atoms with Gasteiger partial charge in [0, 0.05) is 17.4 Å². The van der Waals surface area contributed by atoms with Crippen LogP contribution in [0, 0.1) is 6.92 Å². The molecule has 7 heteroatoms. The van der Waals surface area contributed by atoms with Crippen LogP contribution in [0.25, 0.3) is 0 Å². The summed E-state index contributed by atoms with van der Waals surface area (Å²) in [5.41, 5.74) is 6.67. The lowest BCUT2D eigenvalue weighted by molar-refractivity contribution is -0.137. The van der Waals surface area contributed by atoms with Crippen molar-refractivity contribution >= 4 is 28.6 Å². The first-order valence-corrected chi connectivity index (χ1v) is 6.39. The van der Waals surface area contributed by atoms with Crippen LogP contribution in [0.1, 0.15) is 16.8 Å². The van der Waals surface area contributed by atoms with E-state index in [1.165, 1.54) is 6.07 Å². The first kappa shape index (κ1) is 15.2. The molecule has 21 heavy (non-hydrogen) atoms. The molecule has 0 saturated carbocycles. The summed E-state index contributed by atoms with van der Waals surface area (Å²) in [6.45, 7) is 1.78. The highest BCUT2D eigenvalue weighted by Crippen LogP contribution is 2.32. The van der Waals surface area contributed by atoms with E-state index >= 15 is 0 Å². The van der Waals surface area contributed by atoms with Crippen LogP contribution < -0.4 is 11.1 Å². The molecule has 0 aliphatic carbocycles. The van der Waals surface area contributed by atoms with Crippen molar-refractivity contribution < 1.29 is 13.2 Å². The number of nitrogens with one attached hydrogen (secondary N) is 1. The van der Waals surface area contributed by atoms with Gasteiger partial charge in [-0.3, -0.25) is 4.98 Å². The first-order valence-electron chi connectivity index (χ1n) is 5.98. The number of hydrogen-bond donors (Lipinski definition) is 2. The number of aryl methyl sites for hydroxylation is 1. The van der Waals surface area contributed by atoms with Gasteiger partial charge in [-0.15, -0.1) is 0 Å². The van der Waals surface area contributed by atoms with Crippen LogP contribution in [-0.4, -0.2) is 9.97 Å². The van der Waals surface area contributed by atoms with Gasteiger partial charge in [-0.2, -0.15) is 13.2 Å². The van der Waals surface area contributed by atoms with E-state index in [0.29, 0.717) is 17.1 Å². The minimum absolute atomic E-state index is 0.106. The van der Waals surface area contributed by atoms with Gasteiger partial charge in [0.1, 0.15) is 4.99 Å². The van der Waals surface area contributed by atoms with E-state index in [1.54, 1.807) is 25.3 Å². The van der Waals surface area contributed by atoms with Gasteiger partial charge in [0.25, 0.3) is 0 Å². The Balaban J connectivity index is 2.45. The van der Waals surface area contributed by atoms with E-state index in [9.17, 15) is 13.2 Å². The fourth-order valence-corrected chi connectivity index (χ4v) is 1.96. The molecule has 0 bridgehead atoms. The average molecular weight is 311 g/mol. The molecular formula is C14H12F3N3S. The Morgan fingerprint density at radius 1 is 1.24 bits per heavy atom. The third-order valence-corrected chi connectivity index (χ3v) is 3.11. The Labute approximate surface area is 125 Å². The highest BCUT2D eigenvalue weighted by Gasteiger charge is 2.31. The maximum absolute atomic E-state index is 12.7. The predicted molar refractivity (Wildman–Crippen MR) is 79.6 cm³/mol. The number of rotatable bonds is 3. The monoisotopic (exact) mass is 311 g/mol. The first-order chi connectivity index (χ1) is 9.79. The normalized spacial score (nSPS) is 11.2. The summed E-state index contributed by atoms with van der Waals surface area (Å²) in [4.78, 5) is 3.99. The number of pyridine rings is 1. The van der Waals surface area contributed by atoms with E-state index < -0.39 is 11.7 Å². The van der Waals surface area contributed by atoms with E-state index in [2.05, 4.69) is 10.3 Å². The number of nitrogens with two attached hydrogens (primary N) is 1. The van der Waals surface area contributed by atoms with Crippen LogP contribution in [-0.2, 0) is 6.18 Å². The van der Waals surface area contributed by atoms with Crippen molar-refractivity contribution in [2.24, 2.45) is 5.73 Å². The van der Waals surface area contributed by atoms with Crippen LogP contribution in [0.5, 0.6) is 0 Å². The second-order valence-electron chi connectivity index (χ2n) is 4.38. The molecule has 1 heterocycles. The second kappa shape index (κ2) is 5.69. The Morgan fingerprint density at radius 2 is 1.95 bits per heavy atom. The van der Waals surface area contributed by atoms with E-state index in [-0.39, 0.29) is 10.6 Å². The number of halogens is 3. The van der Waals surface area contributed by atoms with Crippen molar-refractivity contribution in [1.29, 1.82) is 0 Å². The molecule has 110 valence electrons. The average Bonchev–Trinajstić information content (AvgIpc) is 2.40. The van der Waals surface area contributed by atoms with Gasteiger partial charge in [-0.1, -0.05) is 12.2 Å². The molecule has 0 radical (unpaired) electrons. The van der Waals surface area contributed by atoms with Gasteiger partial charge in [-0.05, 0) is 37.3 Å². The molecule has 0 aliphatic rings. The molecule has 2 aromatic rings. The highest BCUT2D eigenvalue weighted by atomic mass is 32.1. The topological polar surface area (TPSA) is 50.9 Å². The molecule has 0 amide bonds. The van der Waals surface area contributed by atoms with Crippen LogP contribution >= 0.6 is 12.2 Å². The van der Waals surface area contributed by atoms with Crippen LogP contribution in [0.4, 0.5) is 24.5 Å². The fourth-order valence-electron chi connectivity index (χ4n) is 1.79. The van der Waals surface area contributed by atoms with Gasteiger partial charge >= 0.3 is 6.18 Å². The number of anilines is 2. The molecule has 0 aliphatic heterocycles. The third kappa shape index (κ3) is 3.49. The van der Waals surface area contributed by atoms with Crippen molar-refractivity contribution in [2.75, 3.05) is 5.32 Å². The quantitative estimate of drug-likeness (QED) is 0.847. The summed E-state index contributed by atoms with van der Waals surface area (Å²) in [5.74, 6) is 0. The summed E-state index contributed by atoms with van der Waals surface area (Å²) >= 11 is 4.84. The molecule has 1 aromatic carbocycles. The van der Waals surface area contributed by atoms with Crippen molar-refractivity contribution in [3.05, 3.63) is 53.3 Å². The smallest absolute Gasteiger partial charge is 0.389 e. The predicted octanol–water partition coefficient (Wildman–Crippen LogP) is 3.79. The summed E-state index contributed by atoms with van der Waals surface area (Å²) in [6.07, 6.45) is -2.82. The number of alkyl halides is 3. The summed E-state index contributed by atoms with van der Waals surface area (Å²) in [5, 5.41) is 3.00. The number of nitrogens with zero attached hydrogens (tertiary/aromatic N) is 1. The zero-order valence-corrected chi connectivity index (χ0v) is 11.8. The maximum atomic E-state index is 12.7. The zero-order chi connectivity index (χ0) is 15.6. The lowest BCUT2D eigenvalue weighted by Crippen LogP contribution is -2.15. The lowest BCUT2D eigenvalue weighted by Gasteiger charge is -2.15. The Kier molecular flexibility index (Phi) is 4.13. The molecular weight excluding hydrogens is 299 g/mol. The molecule has 0 spiro atoms. The van der Waals surface area contributed by atoms with Crippen molar-refractivity contribution in [3.63, 3.8) is 0 Å². The van der Waals surface area contributed by atoms with E-state index in [1.807, 2.05) is 0 Å². The Morgan fingerprint density at radius 3 is 2.52 bits per heavy atom. The third-order valence-electron chi connectivity index (χ3n) is 2.89. The van der Waals surface area contributed by atoms with Gasteiger partial charge in [-0.25, -0.2) is 0 Å². The summed E-state index contributed by atoms with van der Waals surface area (Å²) in [6, 6.07) is 6.72. The SMILES string of the molecule is Cc1ncccc1Nc1ccc(C(F)(F)F)cc1C(N)=S. The second-order valence-corrected chi connectivity index (χ2v) is 4.82. The zero-order valence-electron chi connectivity index (χ0n) is 11.0. The van der Waals surface area contributed by atoms with Gasteiger partial charge in [0.15, 0.2) is 0 Å². The molecule has 0 saturated heterocycles. The minimum atomic E-state index is -4.44. The van der Waals surface area contributed by atoms with E-state index in [0.717, 1.165) is 12.1 Å². The molecule has 3 N–H and O–H groups in total. The Hall–Kier alpha value is -2.15. The number of aromatic nitrogens is 1. The van der Waals surface area contributed by atoms with Crippen molar-refractivity contribution in [3.8, 4) is 0 Å². The fraction of sp³-hybridized carbons (Fsp3) is 0.143. The minimum Gasteiger partial charge on any atom is -0.389 e. The van der Waals surface area contributed by atoms with Crippen LogP contribution in [0.15, 0.2) is 36.5 Å². The molecule has 3 nitrogen and oxygen atoms in total.